The highest BCUT2D eigenvalue weighted by Crippen LogP contribution is 2.50. The number of aryl methyl sites for hydroxylation is 1. The molecule has 2 fully saturated rings. The summed E-state index contributed by atoms with van der Waals surface area (Å²) < 4.78 is 25.1. The Morgan fingerprint density at radius 2 is 1.62 bits per heavy atom. The van der Waals surface area contributed by atoms with Crippen LogP contribution in [-0.2, 0) is 13.0 Å². The van der Waals surface area contributed by atoms with Gasteiger partial charge in [-0.2, -0.15) is 0 Å². The van der Waals surface area contributed by atoms with Crippen LogP contribution in [0.25, 0.3) is 21.9 Å². The summed E-state index contributed by atoms with van der Waals surface area (Å²) in [7, 11) is 3.45. The zero-order valence-corrected chi connectivity index (χ0v) is 19.3. The number of rotatable bonds is 7. The van der Waals surface area contributed by atoms with Gasteiger partial charge in [0.1, 0.15) is 17.7 Å². The first-order valence-corrected chi connectivity index (χ1v) is 11.7. The van der Waals surface area contributed by atoms with Gasteiger partial charge in [0.15, 0.2) is 0 Å². The third kappa shape index (κ3) is 3.65. The van der Waals surface area contributed by atoms with Gasteiger partial charge >= 0.3 is 0 Å². The van der Waals surface area contributed by atoms with Gasteiger partial charge in [-0.15, -0.1) is 0 Å². The number of likely N-dealkylation sites (tertiary alicyclic amines) is 1. The third-order valence-corrected chi connectivity index (χ3v) is 7.20. The van der Waals surface area contributed by atoms with Gasteiger partial charge in [0.25, 0.3) is 0 Å². The maximum Gasteiger partial charge on any atom is 0.130 e. The van der Waals surface area contributed by atoms with Crippen molar-refractivity contribution in [3.63, 3.8) is 0 Å². The maximum absolute atomic E-state index is 13.3. The van der Waals surface area contributed by atoms with Crippen LogP contribution in [-0.4, -0.2) is 38.4 Å². The lowest BCUT2D eigenvalue weighted by Crippen LogP contribution is -2.62. The van der Waals surface area contributed by atoms with Crippen LogP contribution in [0.15, 0.2) is 48.5 Å². The van der Waals surface area contributed by atoms with Crippen molar-refractivity contribution >= 4 is 10.8 Å². The van der Waals surface area contributed by atoms with Crippen LogP contribution in [0.4, 0.5) is 4.39 Å². The second-order valence-corrected chi connectivity index (χ2v) is 9.59. The predicted molar refractivity (Wildman–Crippen MR) is 128 cm³/mol. The van der Waals surface area contributed by atoms with E-state index in [0.717, 1.165) is 67.9 Å². The molecule has 3 nitrogen and oxygen atoms in total. The van der Waals surface area contributed by atoms with E-state index in [-0.39, 0.29) is 5.41 Å². The van der Waals surface area contributed by atoms with Crippen molar-refractivity contribution in [3.8, 4) is 22.6 Å². The minimum atomic E-state index is -0.588. The molecular weight excluding hydrogens is 401 g/mol. The molecule has 1 aliphatic heterocycles. The highest BCUT2D eigenvalue weighted by atomic mass is 19.1. The number of nitrogens with zero attached hydrogens (tertiary/aromatic N) is 1. The molecule has 2 aliphatic rings. The van der Waals surface area contributed by atoms with Crippen molar-refractivity contribution in [2.45, 2.75) is 45.3 Å². The second-order valence-electron chi connectivity index (χ2n) is 9.59. The molecular formula is C28H32FNO2. The average Bonchev–Trinajstić information content (AvgIpc) is 2.76. The highest BCUT2D eigenvalue weighted by Gasteiger charge is 2.52. The van der Waals surface area contributed by atoms with Gasteiger partial charge in [-0.3, -0.25) is 4.90 Å². The summed E-state index contributed by atoms with van der Waals surface area (Å²) in [5.74, 6) is 1.66. The second kappa shape index (κ2) is 8.40. The number of fused-ring (bicyclic) bond motifs is 1. The Bertz CT molecular complexity index is 1100. The molecule has 168 valence electrons. The molecule has 0 amide bonds. The number of alkyl halides is 1. The molecule has 0 aromatic heterocycles. The van der Waals surface area contributed by atoms with Crippen LogP contribution in [0.2, 0.25) is 0 Å². The van der Waals surface area contributed by atoms with Gasteiger partial charge < -0.3 is 9.47 Å². The number of benzene rings is 3. The van der Waals surface area contributed by atoms with E-state index in [2.05, 4.69) is 60.4 Å². The smallest absolute Gasteiger partial charge is 0.130 e. The van der Waals surface area contributed by atoms with Crippen molar-refractivity contribution in [1.82, 2.24) is 4.90 Å². The molecule has 1 aliphatic carbocycles. The van der Waals surface area contributed by atoms with E-state index in [1.807, 2.05) is 0 Å². The van der Waals surface area contributed by atoms with Gasteiger partial charge in [0.05, 0.1) is 19.8 Å². The standard InChI is InChI=1S/C28H32FNO2/c1-4-7-20-8-5-10-23-22(20)9-6-11-24(23)27-25(31-2)12-19(13-26(27)32-3)16-30-17-28(18-30)14-21(29)15-28/h5-6,8-13,21H,4,7,14-18H2,1-3H3. The number of hydrogen-bond donors (Lipinski definition) is 0. The summed E-state index contributed by atoms with van der Waals surface area (Å²) in [6.07, 6.45) is 3.06. The Kier molecular flexibility index (Phi) is 5.58. The van der Waals surface area contributed by atoms with E-state index in [4.69, 9.17) is 9.47 Å². The maximum atomic E-state index is 13.3. The number of halogens is 1. The van der Waals surface area contributed by atoms with E-state index in [0.29, 0.717) is 0 Å². The Labute approximate surface area is 190 Å². The fraction of sp³-hybridized carbons (Fsp3) is 0.429. The zero-order chi connectivity index (χ0) is 22.3. The van der Waals surface area contributed by atoms with Gasteiger partial charge in [-0.05, 0) is 58.9 Å². The monoisotopic (exact) mass is 433 g/mol. The minimum Gasteiger partial charge on any atom is -0.496 e. The first kappa shape index (κ1) is 21.3. The van der Waals surface area contributed by atoms with Gasteiger partial charge in [0.2, 0.25) is 0 Å². The first-order valence-electron chi connectivity index (χ1n) is 11.7. The highest BCUT2D eigenvalue weighted by molar-refractivity contribution is 6.01. The quantitative estimate of drug-likeness (QED) is 0.430. The largest absolute Gasteiger partial charge is 0.496 e. The molecule has 0 unspecified atom stereocenters. The Morgan fingerprint density at radius 3 is 2.25 bits per heavy atom. The summed E-state index contributed by atoms with van der Waals surface area (Å²) >= 11 is 0. The third-order valence-electron chi connectivity index (χ3n) is 7.20. The van der Waals surface area contributed by atoms with Crippen LogP contribution >= 0.6 is 0 Å². The van der Waals surface area contributed by atoms with Crippen LogP contribution in [0.5, 0.6) is 11.5 Å². The van der Waals surface area contributed by atoms with Crippen LogP contribution in [0.3, 0.4) is 0 Å². The lowest BCUT2D eigenvalue weighted by Gasteiger charge is -2.57. The molecule has 0 N–H and O–H groups in total. The van der Waals surface area contributed by atoms with E-state index < -0.39 is 6.17 Å². The van der Waals surface area contributed by atoms with Crippen molar-refractivity contribution in [2.24, 2.45) is 5.41 Å². The van der Waals surface area contributed by atoms with Crippen molar-refractivity contribution in [1.29, 1.82) is 0 Å². The van der Waals surface area contributed by atoms with Gasteiger partial charge in [0, 0.05) is 25.0 Å². The zero-order valence-electron chi connectivity index (χ0n) is 19.3. The fourth-order valence-electron chi connectivity index (χ4n) is 5.81. The van der Waals surface area contributed by atoms with E-state index in [1.54, 1.807) is 14.2 Å². The molecule has 0 atom stereocenters. The molecule has 1 saturated heterocycles. The summed E-state index contributed by atoms with van der Waals surface area (Å²) in [4.78, 5) is 2.40. The van der Waals surface area contributed by atoms with Gasteiger partial charge in [-0.1, -0.05) is 49.7 Å². The Hall–Kier alpha value is -2.59. The number of hydrogen-bond acceptors (Lipinski definition) is 3. The molecule has 3 aromatic carbocycles. The van der Waals surface area contributed by atoms with E-state index >= 15 is 0 Å². The molecule has 32 heavy (non-hydrogen) atoms. The summed E-state index contributed by atoms with van der Waals surface area (Å²) in [6, 6.07) is 17.3. The SMILES string of the molecule is CCCc1cccc2c(-c3c(OC)cc(CN4CC5(CC(F)C5)C4)cc3OC)cccc12. The average molecular weight is 434 g/mol. The van der Waals surface area contributed by atoms with Crippen LogP contribution in [0, 0.1) is 5.41 Å². The molecule has 1 spiro atoms. The molecule has 0 bridgehead atoms. The molecule has 1 saturated carbocycles. The summed E-state index contributed by atoms with van der Waals surface area (Å²) in [5.41, 5.74) is 4.91. The lowest BCUT2D eigenvalue weighted by atomic mass is 9.62. The first-order chi connectivity index (χ1) is 15.6. The number of methoxy groups -OCH3 is 2. The van der Waals surface area contributed by atoms with Crippen LogP contribution in [0.1, 0.15) is 37.3 Å². The Morgan fingerprint density at radius 1 is 0.969 bits per heavy atom. The van der Waals surface area contributed by atoms with Gasteiger partial charge in [-0.25, -0.2) is 4.39 Å². The van der Waals surface area contributed by atoms with Crippen molar-refractivity contribution < 1.29 is 13.9 Å². The lowest BCUT2D eigenvalue weighted by molar-refractivity contribution is -0.106. The van der Waals surface area contributed by atoms with Crippen LogP contribution < -0.4 is 9.47 Å². The van der Waals surface area contributed by atoms with Crippen molar-refractivity contribution in [2.75, 3.05) is 27.3 Å². The fourth-order valence-corrected chi connectivity index (χ4v) is 5.81. The molecule has 1 heterocycles. The minimum absolute atomic E-state index is 0.243. The Balaban J connectivity index is 1.50. The normalized spacial score (nSPS) is 17.9. The van der Waals surface area contributed by atoms with E-state index in [9.17, 15) is 4.39 Å². The summed E-state index contributed by atoms with van der Waals surface area (Å²) in [6.45, 7) is 5.03. The molecule has 5 rings (SSSR count). The molecule has 3 aromatic rings. The number of ether oxygens (including phenoxy) is 2. The van der Waals surface area contributed by atoms with E-state index in [1.165, 1.54) is 21.9 Å². The molecule has 4 heteroatoms. The topological polar surface area (TPSA) is 21.7 Å². The van der Waals surface area contributed by atoms with Crippen molar-refractivity contribution in [3.05, 3.63) is 59.7 Å². The molecule has 0 radical (unpaired) electrons. The summed E-state index contributed by atoms with van der Waals surface area (Å²) in [5, 5.41) is 2.51. The predicted octanol–water partition coefficient (Wildman–Crippen LogP) is 6.41.